The van der Waals surface area contributed by atoms with Gasteiger partial charge in [-0.1, -0.05) is 30.0 Å². The van der Waals surface area contributed by atoms with E-state index in [1.807, 2.05) is 41.8 Å². The molecular weight excluding hydrogens is 372 g/mol. The topological polar surface area (TPSA) is 63.7 Å². The van der Waals surface area contributed by atoms with Crippen LogP contribution in [0.1, 0.15) is 5.69 Å². The van der Waals surface area contributed by atoms with Crippen molar-refractivity contribution in [1.29, 1.82) is 0 Å². The van der Waals surface area contributed by atoms with Crippen molar-refractivity contribution in [3.8, 4) is 27.0 Å². The predicted octanol–water partition coefficient (Wildman–Crippen LogP) is 4.96. The van der Waals surface area contributed by atoms with Gasteiger partial charge in [-0.05, 0) is 23.6 Å². The predicted molar refractivity (Wildman–Crippen MR) is 103 cm³/mol. The van der Waals surface area contributed by atoms with Gasteiger partial charge in [-0.2, -0.15) is 0 Å². The number of aromatic nitrogens is 4. The Bertz CT molecular complexity index is 962. The number of hydrogen-bond acceptors (Lipinski definition) is 7. The molecule has 25 heavy (non-hydrogen) atoms. The highest BCUT2D eigenvalue weighted by molar-refractivity contribution is 7.98. The average Bonchev–Trinajstić information content (AvgIpc) is 3.40. The summed E-state index contributed by atoms with van der Waals surface area (Å²) in [5.74, 6) is 2.38. The molecule has 0 radical (unpaired) electrons. The third kappa shape index (κ3) is 3.60. The molecule has 3 aromatic heterocycles. The number of thiophene rings is 1. The van der Waals surface area contributed by atoms with E-state index in [1.165, 1.54) is 0 Å². The summed E-state index contributed by atoms with van der Waals surface area (Å²) in [6.45, 7) is 0. The first-order chi connectivity index (χ1) is 12.3. The maximum Gasteiger partial charge on any atom is 0.209 e. The molecule has 4 rings (SSSR count). The number of benzene rings is 1. The number of thiazole rings is 1. The Labute approximate surface area is 157 Å². The third-order valence-electron chi connectivity index (χ3n) is 3.46. The van der Waals surface area contributed by atoms with Crippen LogP contribution in [-0.4, -0.2) is 27.3 Å². The van der Waals surface area contributed by atoms with E-state index in [0.717, 1.165) is 43.6 Å². The SMILES string of the molecule is COc1ccccc1-c1nc(CSc2n[nH]c(-c3cccs3)n2)cs1. The molecule has 0 aliphatic rings. The molecule has 0 atom stereocenters. The molecule has 1 aromatic carbocycles. The number of para-hydroxylation sites is 1. The van der Waals surface area contributed by atoms with Crippen LogP contribution in [0.15, 0.2) is 52.3 Å². The minimum atomic E-state index is 0.730. The number of thioether (sulfide) groups is 1. The highest BCUT2D eigenvalue weighted by atomic mass is 32.2. The molecule has 0 bridgehead atoms. The quantitative estimate of drug-likeness (QED) is 0.475. The average molecular weight is 387 g/mol. The van der Waals surface area contributed by atoms with Gasteiger partial charge >= 0.3 is 0 Å². The summed E-state index contributed by atoms with van der Waals surface area (Å²) >= 11 is 4.84. The molecule has 126 valence electrons. The zero-order valence-electron chi connectivity index (χ0n) is 13.3. The molecule has 5 nitrogen and oxygen atoms in total. The number of ether oxygens (including phenoxy) is 1. The van der Waals surface area contributed by atoms with Gasteiger partial charge in [-0.15, -0.1) is 27.8 Å². The largest absolute Gasteiger partial charge is 0.496 e. The molecule has 0 fully saturated rings. The number of nitrogens with zero attached hydrogens (tertiary/aromatic N) is 3. The summed E-state index contributed by atoms with van der Waals surface area (Å²) in [6.07, 6.45) is 0. The zero-order valence-corrected chi connectivity index (χ0v) is 15.8. The molecule has 0 saturated heterocycles. The van der Waals surface area contributed by atoms with Crippen LogP contribution in [0.2, 0.25) is 0 Å². The van der Waals surface area contributed by atoms with Gasteiger partial charge in [0.25, 0.3) is 0 Å². The molecule has 0 unspecified atom stereocenters. The summed E-state index contributed by atoms with van der Waals surface area (Å²) in [6, 6.07) is 12.0. The van der Waals surface area contributed by atoms with Crippen molar-refractivity contribution < 1.29 is 4.74 Å². The van der Waals surface area contributed by atoms with Crippen LogP contribution >= 0.6 is 34.4 Å². The summed E-state index contributed by atoms with van der Waals surface area (Å²) in [7, 11) is 1.68. The molecule has 0 saturated carbocycles. The highest BCUT2D eigenvalue weighted by Crippen LogP contribution is 2.33. The summed E-state index contributed by atoms with van der Waals surface area (Å²) < 4.78 is 5.41. The number of aromatic amines is 1. The standard InChI is InChI=1S/C17H14N4OS3/c1-22-13-6-3-2-5-12(13)16-18-11(9-24-16)10-25-17-19-15(20-21-17)14-7-4-8-23-14/h2-9H,10H2,1H3,(H,19,20,21). The highest BCUT2D eigenvalue weighted by Gasteiger charge is 2.11. The van der Waals surface area contributed by atoms with E-state index in [4.69, 9.17) is 9.72 Å². The Morgan fingerprint density at radius 3 is 2.88 bits per heavy atom. The van der Waals surface area contributed by atoms with E-state index in [9.17, 15) is 0 Å². The minimum absolute atomic E-state index is 0.730. The molecule has 1 N–H and O–H groups in total. The van der Waals surface area contributed by atoms with Crippen LogP contribution in [0.4, 0.5) is 0 Å². The van der Waals surface area contributed by atoms with Crippen LogP contribution in [0, 0.1) is 0 Å². The van der Waals surface area contributed by atoms with Crippen molar-refractivity contribution in [3.05, 3.63) is 52.9 Å². The summed E-state index contributed by atoms with van der Waals surface area (Å²) in [5.41, 5.74) is 2.03. The van der Waals surface area contributed by atoms with Crippen LogP contribution in [-0.2, 0) is 5.75 Å². The molecule has 4 aromatic rings. The summed E-state index contributed by atoms with van der Waals surface area (Å²) in [5, 5.41) is 13.0. The lowest BCUT2D eigenvalue weighted by Gasteiger charge is -2.04. The molecule has 0 aliphatic heterocycles. The van der Waals surface area contributed by atoms with Gasteiger partial charge in [0.05, 0.1) is 23.2 Å². The maximum absolute atomic E-state index is 5.41. The van der Waals surface area contributed by atoms with Crippen LogP contribution in [0.25, 0.3) is 21.3 Å². The van der Waals surface area contributed by atoms with Crippen molar-refractivity contribution in [3.63, 3.8) is 0 Å². The Morgan fingerprint density at radius 2 is 2.04 bits per heavy atom. The van der Waals surface area contributed by atoms with Gasteiger partial charge < -0.3 is 4.74 Å². The third-order valence-corrected chi connectivity index (χ3v) is 6.14. The molecule has 0 amide bonds. The van der Waals surface area contributed by atoms with Gasteiger partial charge in [0.1, 0.15) is 10.8 Å². The van der Waals surface area contributed by atoms with Gasteiger partial charge in [0.2, 0.25) is 5.16 Å². The van der Waals surface area contributed by atoms with Crippen molar-refractivity contribution in [2.45, 2.75) is 10.9 Å². The molecule has 8 heteroatoms. The van der Waals surface area contributed by atoms with E-state index in [-0.39, 0.29) is 0 Å². The second-order valence-corrected chi connectivity index (χ2v) is 7.83. The second-order valence-electron chi connectivity index (χ2n) is 5.08. The maximum atomic E-state index is 5.41. The van der Waals surface area contributed by atoms with E-state index in [2.05, 4.69) is 20.6 Å². The zero-order chi connectivity index (χ0) is 17.1. The van der Waals surface area contributed by atoms with Crippen LogP contribution in [0.3, 0.4) is 0 Å². The first-order valence-corrected chi connectivity index (χ1v) is 10.2. The van der Waals surface area contributed by atoms with E-state index in [1.54, 1.807) is 41.5 Å². The van der Waals surface area contributed by atoms with Gasteiger partial charge in [0.15, 0.2) is 5.82 Å². The summed E-state index contributed by atoms with van der Waals surface area (Å²) in [4.78, 5) is 10.3. The van der Waals surface area contributed by atoms with Crippen LogP contribution < -0.4 is 4.74 Å². The lowest BCUT2D eigenvalue weighted by atomic mass is 10.2. The molecule has 3 heterocycles. The molecule has 0 spiro atoms. The van der Waals surface area contributed by atoms with Crippen molar-refractivity contribution in [2.24, 2.45) is 0 Å². The van der Waals surface area contributed by atoms with E-state index >= 15 is 0 Å². The number of hydrogen-bond donors (Lipinski definition) is 1. The van der Waals surface area contributed by atoms with Crippen molar-refractivity contribution in [2.75, 3.05) is 7.11 Å². The Balaban J connectivity index is 1.45. The minimum Gasteiger partial charge on any atom is -0.496 e. The van der Waals surface area contributed by atoms with E-state index < -0.39 is 0 Å². The number of nitrogens with one attached hydrogen (secondary N) is 1. The smallest absolute Gasteiger partial charge is 0.209 e. The van der Waals surface area contributed by atoms with Crippen LogP contribution in [0.5, 0.6) is 5.75 Å². The van der Waals surface area contributed by atoms with Gasteiger partial charge in [0, 0.05) is 11.1 Å². The number of H-pyrrole nitrogens is 1. The first kappa shape index (κ1) is 16.3. The Hall–Kier alpha value is -2.16. The lowest BCUT2D eigenvalue weighted by Crippen LogP contribution is -1.87. The normalized spacial score (nSPS) is 10.9. The van der Waals surface area contributed by atoms with Crippen molar-refractivity contribution in [1.82, 2.24) is 20.2 Å². The fourth-order valence-electron chi connectivity index (χ4n) is 2.29. The number of methoxy groups -OCH3 is 1. The lowest BCUT2D eigenvalue weighted by molar-refractivity contribution is 0.416. The molecule has 0 aliphatic carbocycles. The molecular formula is C17H14N4OS3. The fourth-order valence-corrected chi connectivity index (χ4v) is 4.60. The Kier molecular flexibility index (Phi) is 4.82. The van der Waals surface area contributed by atoms with E-state index in [0.29, 0.717) is 0 Å². The van der Waals surface area contributed by atoms with Crippen molar-refractivity contribution >= 4 is 34.4 Å². The van der Waals surface area contributed by atoms with Gasteiger partial charge in [-0.3, -0.25) is 5.10 Å². The van der Waals surface area contributed by atoms with Gasteiger partial charge in [-0.25, -0.2) is 9.97 Å². The Morgan fingerprint density at radius 1 is 1.12 bits per heavy atom. The number of rotatable bonds is 6. The second kappa shape index (κ2) is 7.38. The fraction of sp³-hybridized carbons (Fsp3) is 0.118. The monoisotopic (exact) mass is 386 g/mol. The first-order valence-electron chi connectivity index (χ1n) is 7.50.